The van der Waals surface area contributed by atoms with Crippen molar-refractivity contribution in [2.24, 2.45) is 0 Å². The monoisotopic (exact) mass is 300 g/mol. The topological polar surface area (TPSA) is 27.1 Å². The van der Waals surface area contributed by atoms with Crippen molar-refractivity contribution in [1.29, 1.82) is 0 Å². The number of rotatable bonds is 4. The van der Waals surface area contributed by atoms with E-state index in [2.05, 4.69) is 23.3 Å². The Hall–Kier alpha value is -2.00. The van der Waals surface area contributed by atoms with Gasteiger partial charge in [-0.05, 0) is 25.3 Å². The number of nitrogens with zero attached hydrogens (tertiary/aromatic N) is 2. The van der Waals surface area contributed by atoms with Crippen molar-refractivity contribution >= 4 is 22.4 Å². The van der Waals surface area contributed by atoms with Gasteiger partial charge in [-0.3, -0.25) is 4.68 Å². The summed E-state index contributed by atoms with van der Waals surface area (Å²) in [4.78, 5) is 0. The van der Waals surface area contributed by atoms with Crippen molar-refractivity contribution in [3.63, 3.8) is 0 Å². The van der Waals surface area contributed by atoms with E-state index in [-0.39, 0.29) is 0 Å². The zero-order valence-electron chi connectivity index (χ0n) is 12.1. The predicted molar refractivity (Wildman–Crippen MR) is 85.9 cm³/mol. The Balaban J connectivity index is 1.91. The molecule has 21 heavy (non-hydrogen) atoms. The Morgan fingerprint density at radius 3 is 2.71 bits per heavy atom. The van der Waals surface area contributed by atoms with E-state index in [4.69, 9.17) is 16.3 Å². The molecule has 0 atom stereocenters. The third-order valence-electron chi connectivity index (χ3n) is 3.57. The minimum absolute atomic E-state index is 0.418. The van der Waals surface area contributed by atoms with Gasteiger partial charge in [-0.25, -0.2) is 0 Å². The van der Waals surface area contributed by atoms with Crippen LogP contribution in [0.25, 0.3) is 10.8 Å². The number of aromatic nitrogens is 2. The lowest BCUT2D eigenvalue weighted by atomic mass is 10.1. The van der Waals surface area contributed by atoms with Crippen molar-refractivity contribution in [2.45, 2.75) is 27.0 Å². The highest BCUT2D eigenvalue weighted by molar-refractivity contribution is 6.31. The average Bonchev–Trinajstić information content (AvgIpc) is 2.80. The van der Waals surface area contributed by atoms with Gasteiger partial charge < -0.3 is 4.74 Å². The maximum Gasteiger partial charge on any atom is 0.131 e. The van der Waals surface area contributed by atoms with E-state index in [9.17, 15) is 0 Å². The van der Waals surface area contributed by atoms with Gasteiger partial charge in [0.05, 0.1) is 16.4 Å². The van der Waals surface area contributed by atoms with Crippen molar-refractivity contribution in [2.75, 3.05) is 0 Å². The van der Waals surface area contributed by atoms with E-state index in [1.807, 2.05) is 42.8 Å². The van der Waals surface area contributed by atoms with Crippen molar-refractivity contribution in [3.05, 3.63) is 58.9 Å². The molecule has 3 aromatic rings. The number of fused-ring (bicyclic) bond motifs is 1. The summed E-state index contributed by atoms with van der Waals surface area (Å²) in [5.74, 6) is 0.866. The van der Waals surface area contributed by atoms with Gasteiger partial charge in [0.15, 0.2) is 0 Å². The van der Waals surface area contributed by atoms with Crippen LogP contribution < -0.4 is 4.74 Å². The van der Waals surface area contributed by atoms with Crippen LogP contribution in [0.1, 0.15) is 18.3 Å². The normalized spacial score (nSPS) is 11.0. The molecule has 0 spiro atoms. The van der Waals surface area contributed by atoms with E-state index in [0.717, 1.165) is 29.1 Å². The van der Waals surface area contributed by atoms with Gasteiger partial charge in [-0.1, -0.05) is 48.0 Å². The molecule has 3 rings (SSSR count). The van der Waals surface area contributed by atoms with E-state index in [1.165, 1.54) is 5.39 Å². The first-order valence-corrected chi connectivity index (χ1v) is 7.41. The molecule has 1 aromatic heterocycles. The first kappa shape index (κ1) is 14.0. The van der Waals surface area contributed by atoms with E-state index in [0.29, 0.717) is 11.6 Å². The largest absolute Gasteiger partial charge is 0.487 e. The fourth-order valence-electron chi connectivity index (χ4n) is 2.47. The molecule has 108 valence electrons. The molecular weight excluding hydrogens is 284 g/mol. The van der Waals surface area contributed by atoms with E-state index in [1.54, 1.807) is 0 Å². The summed E-state index contributed by atoms with van der Waals surface area (Å²) in [5, 5.41) is 7.37. The molecule has 2 aromatic carbocycles. The highest BCUT2D eigenvalue weighted by atomic mass is 35.5. The van der Waals surface area contributed by atoms with Gasteiger partial charge in [0, 0.05) is 11.9 Å². The molecule has 3 nitrogen and oxygen atoms in total. The Kier molecular flexibility index (Phi) is 3.84. The maximum atomic E-state index is 6.31. The summed E-state index contributed by atoms with van der Waals surface area (Å²) in [6.45, 7) is 5.16. The molecule has 4 heteroatoms. The molecular formula is C17H17ClN2O. The zero-order chi connectivity index (χ0) is 14.8. The molecule has 0 N–H and O–H groups in total. The van der Waals surface area contributed by atoms with Crippen molar-refractivity contribution in [3.8, 4) is 5.75 Å². The molecule has 0 fully saturated rings. The second-order valence-electron chi connectivity index (χ2n) is 4.93. The molecule has 0 radical (unpaired) electrons. The quantitative estimate of drug-likeness (QED) is 0.704. The van der Waals surface area contributed by atoms with E-state index >= 15 is 0 Å². The van der Waals surface area contributed by atoms with Crippen LogP contribution >= 0.6 is 11.6 Å². The third kappa shape index (κ3) is 2.61. The minimum Gasteiger partial charge on any atom is -0.487 e. The third-order valence-corrected chi connectivity index (χ3v) is 4.06. The lowest BCUT2D eigenvalue weighted by molar-refractivity contribution is 0.296. The molecule has 0 amide bonds. The summed E-state index contributed by atoms with van der Waals surface area (Å²) >= 11 is 6.31. The van der Waals surface area contributed by atoms with E-state index < -0.39 is 0 Å². The van der Waals surface area contributed by atoms with Crippen LogP contribution in [-0.4, -0.2) is 9.78 Å². The van der Waals surface area contributed by atoms with Gasteiger partial charge in [0.2, 0.25) is 0 Å². The summed E-state index contributed by atoms with van der Waals surface area (Å²) < 4.78 is 7.89. The average molecular weight is 301 g/mol. The Labute approximate surface area is 129 Å². The second-order valence-corrected chi connectivity index (χ2v) is 5.31. The van der Waals surface area contributed by atoms with Crippen LogP contribution in [0, 0.1) is 6.92 Å². The van der Waals surface area contributed by atoms with Gasteiger partial charge in [-0.2, -0.15) is 5.10 Å². The molecule has 0 aliphatic rings. The van der Waals surface area contributed by atoms with Crippen LogP contribution in [0.3, 0.4) is 0 Å². The van der Waals surface area contributed by atoms with Crippen LogP contribution in [0.15, 0.2) is 42.5 Å². The summed E-state index contributed by atoms with van der Waals surface area (Å²) in [7, 11) is 0. The molecule has 0 bridgehead atoms. The summed E-state index contributed by atoms with van der Waals surface area (Å²) in [6.07, 6.45) is 0. The number of hydrogen-bond acceptors (Lipinski definition) is 2. The lowest BCUT2D eigenvalue weighted by Crippen LogP contribution is -2.06. The first-order valence-electron chi connectivity index (χ1n) is 7.03. The fraction of sp³-hybridized carbons (Fsp3) is 0.235. The molecule has 1 heterocycles. The standard InChI is InChI=1S/C17H17ClN2O/c1-3-20-15(17(18)12(2)19-20)11-21-16-10-6-8-13-7-4-5-9-14(13)16/h4-10H,3,11H2,1-2H3. The van der Waals surface area contributed by atoms with Crippen molar-refractivity contribution < 1.29 is 4.74 Å². The molecule has 0 saturated carbocycles. The Bertz CT molecular complexity index is 774. The van der Waals surface area contributed by atoms with Gasteiger partial charge >= 0.3 is 0 Å². The summed E-state index contributed by atoms with van der Waals surface area (Å²) in [5.41, 5.74) is 1.76. The Morgan fingerprint density at radius 2 is 1.90 bits per heavy atom. The minimum atomic E-state index is 0.418. The SMILES string of the molecule is CCn1nc(C)c(Cl)c1COc1cccc2ccccc12. The number of halogens is 1. The zero-order valence-corrected chi connectivity index (χ0v) is 12.9. The van der Waals surface area contributed by atoms with Crippen LogP contribution in [0.5, 0.6) is 5.75 Å². The lowest BCUT2D eigenvalue weighted by Gasteiger charge is -2.10. The van der Waals surface area contributed by atoms with Crippen molar-refractivity contribution in [1.82, 2.24) is 9.78 Å². The predicted octanol–water partition coefficient (Wildman–Crippen LogP) is 4.60. The van der Waals surface area contributed by atoms with Crippen LogP contribution in [-0.2, 0) is 13.2 Å². The summed E-state index contributed by atoms with van der Waals surface area (Å²) in [6, 6.07) is 14.2. The van der Waals surface area contributed by atoms with Gasteiger partial charge in [-0.15, -0.1) is 0 Å². The Morgan fingerprint density at radius 1 is 1.14 bits per heavy atom. The number of benzene rings is 2. The number of hydrogen-bond donors (Lipinski definition) is 0. The number of ether oxygens (including phenoxy) is 1. The highest BCUT2D eigenvalue weighted by Crippen LogP contribution is 2.27. The second kappa shape index (κ2) is 5.78. The van der Waals surface area contributed by atoms with Crippen LogP contribution in [0.4, 0.5) is 0 Å². The molecule has 0 saturated heterocycles. The molecule has 0 aliphatic carbocycles. The molecule has 0 aliphatic heterocycles. The fourth-order valence-corrected chi connectivity index (χ4v) is 2.66. The smallest absolute Gasteiger partial charge is 0.131 e. The van der Waals surface area contributed by atoms with Gasteiger partial charge in [0.25, 0.3) is 0 Å². The van der Waals surface area contributed by atoms with Crippen LogP contribution in [0.2, 0.25) is 5.02 Å². The molecule has 0 unspecified atom stereocenters. The first-order chi connectivity index (χ1) is 10.2. The highest BCUT2D eigenvalue weighted by Gasteiger charge is 2.13. The number of aryl methyl sites for hydroxylation is 2. The maximum absolute atomic E-state index is 6.31. The van der Waals surface area contributed by atoms with Gasteiger partial charge in [0.1, 0.15) is 12.4 Å².